The Hall–Kier alpha value is -4.27. The van der Waals surface area contributed by atoms with Gasteiger partial charge in [-0.15, -0.1) is 0 Å². The fraction of sp³-hybridized carbons (Fsp3) is 0.133. The molecule has 0 aliphatic rings. The number of fused-ring (bicyclic) bond motifs is 2. The monoisotopic (exact) mass is 493 g/mol. The zero-order valence-electron chi connectivity index (χ0n) is 20.0. The summed E-state index contributed by atoms with van der Waals surface area (Å²) in [6.45, 7) is 4.72. The Kier molecular flexibility index (Phi) is 6.62. The van der Waals surface area contributed by atoms with E-state index in [2.05, 4.69) is 40.3 Å². The van der Waals surface area contributed by atoms with Crippen LogP contribution in [0.3, 0.4) is 0 Å². The lowest BCUT2D eigenvalue weighted by molar-refractivity contribution is 0.269. The van der Waals surface area contributed by atoms with Crippen LogP contribution < -0.4 is 9.47 Å². The van der Waals surface area contributed by atoms with Gasteiger partial charge >= 0.3 is 0 Å². The first-order valence-corrected chi connectivity index (χ1v) is 12.1. The maximum Gasteiger partial charge on any atom is 0.180 e. The van der Waals surface area contributed by atoms with Crippen LogP contribution in [0.25, 0.3) is 33.5 Å². The van der Waals surface area contributed by atoms with E-state index in [9.17, 15) is 5.26 Å². The zero-order valence-corrected chi connectivity index (χ0v) is 20.8. The Morgan fingerprint density at radius 3 is 2.67 bits per heavy atom. The molecular formula is C30H24ClN3O2. The van der Waals surface area contributed by atoms with E-state index < -0.39 is 0 Å². The van der Waals surface area contributed by atoms with Crippen LogP contribution in [0.2, 0.25) is 5.02 Å². The molecule has 6 heteroatoms. The van der Waals surface area contributed by atoms with Gasteiger partial charge in [0.05, 0.1) is 28.2 Å². The second-order valence-corrected chi connectivity index (χ2v) is 8.92. The maximum atomic E-state index is 9.84. The van der Waals surface area contributed by atoms with Crippen LogP contribution in [0, 0.1) is 18.3 Å². The molecule has 0 saturated heterocycles. The van der Waals surface area contributed by atoms with Crippen molar-refractivity contribution in [2.24, 2.45) is 0 Å². The number of aromatic nitrogens is 2. The molecule has 0 amide bonds. The van der Waals surface area contributed by atoms with Crippen molar-refractivity contribution in [2.45, 2.75) is 20.5 Å². The first-order chi connectivity index (χ1) is 17.5. The first-order valence-electron chi connectivity index (χ1n) is 11.7. The molecule has 178 valence electrons. The van der Waals surface area contributed by atoms with Gasteiger partial charge in [0.1, 0.15) is 18.5 Å². The van der Waals surface area contributed by atoms with Crippen LogP contribution in [0.5, 0.6) is 11.5 Å². The summed E-state index contributed by atoms with van der Waals surface area (Å²) in [7, 11) is 0. The van der Waals surface area contributed by atoms with E-state index in [0.717, 1.165) is 33.1 Å². The van der Waals surface area contributed by atoms with Crippen molar-refractivity contribution in [3.63, 3.8) is 0 Å². The van der Waals surface area contributed by atoms with Gasteiger partial charge in [-0.3, -0.25) is 0 Å². The second kappa shape index (κ2) is 10.2. The summed E-state index contributed by atoms with van der Waals surface area (Å²) in [4.78, 5) is 7.80. The predicted molar refractivity (Wildman–Crippen MR) is 145 cm³/mol. The lowest BCUT2D eigenvalue weighted by atomic mass is 10.1. The van der Waals surface area contributed by atoms with Crippen molar-refractivity contribution in [2.75, 3.05) is 6.61 Å². The van der Waals surface area contributed by atoms with Crippen LogP contribution >= 0.6 is 11.6 Å². The van der Waals surface area contributed by atoms with Gasteiger partial charge in [-0.05, 0) is 77.7 Å². The molecule has 0 radical (unpaired) electrons. The Morgan fingerprint density at radius 1 is 1.03 bits per heavy atom. The molecule has 0 aliphatic heterocycles. The zero-order chi connectivity index (χ0) is 25.1. The average molecular weight is 494 g/mol. The third kappa shape index (κ3) is 4.91. The molecular weight excluding hydrogens is 470 g/mol. The Balaban J connectivity index is 1.44. The number of ether oxygens (including phenoxy) is 2. The number of hydrogen-bond acceptors (Lipinski definition) is 4. The number of imidazole rings is 1. The minimum absolute atomic E-state index is 0.349. The van der Waals surface area contributed by atoms with Crippen molar-refractivity contribution in [3.05, 3.63) is 100 Å². The molecule has 0 bridgehead atoms. The quantitative estimate of drug-likeness (QED) is 0.235. The highest BCUT2D eigenvalue weighted by Crippen LogP contribution is 2.38. The average Bonchev–Trinajstić information content (AvgIpc) is 3.30. The topological polar surface area (TPSA) is 70.9 Å². The van der Waals surface area contributed by atoms with Crippen LogP contribution in [0.4, 0.5) is 0 Å². The highest BCUT2D eigenvalue weighted by molar-refractivity contribution is 6.32. The first kappa shape index (κ1) is 23.5. The van der Waals surface area contributed by atoms with Crippen molar-refractivity contribution in [3.8, 4) is 17.6 Å². The van der Waals surface area contributed by atoms with E-state index in [1.165, 1.54) is 5.39 Å². The lowest BCUT2D eigenvalue weighted by Gasteiger charge is -2.15. The molecule has 0 atom stereocenters. The Bertz CT molecular complexity index is 1650. The summed E-state index contributed by atoms with van der Waals surface area (Å²) in [6, 6.07) is 26.2. The number of benzene rings is 4. The minimum atomic E-state index is 0.349. The number of allylic oxidation sites excluding steroid dienone is 1. The molecule has 5 aromatic rings. The number of halogens is 1. The van der Waals surface area contributed by atoms with Gasteiger partial charge < -0.3 is 14.5 Å². The number of H-pyrrole nitrogens is 1. The van der Waals surface area contributed by atoms with Crippen LogP contribution in [-0.4, -0.2) is 16.6 Å². The molecule has 5 rings (SSSR count). The molecule has 0 unspecified atom stereocenters. The highest BCUT2D eigenvalue weighted by Gasteiger charge is 2.15. The molecule has 5 nitrogen and oxygen atoms in total. The molecule has 1 heterocycles. The van der Waals surface area contributed by atoms with Gasteiger partial charge in [0.2, 0.25) is 0 Å². The van der Waals surface area contributed by atoms with Crippen LogP contribution in [-0.2, 0) is 6.61 Å². The number of nitrogens with one attached hydrogen (secondary N) is 1. The van der Waals surface area contributed by atoms with Gasteiger partial charge in [0.15, 0.2) is 11.5 Å². The van der Waals surface area contributed by atoms with E-state index in [4.69, 9.17) is 21.1 Å². The standard InChI is InChI=1S/C30H24ClN3O2/c1-3-35-28-16-21(14-24(17-32)30-33-26-11-8-19(2)12-27(26)34-30)15-25(31)29(28)36-18-20-9-10-22-6-4-5-7-23(22)13-20/h4-16H,3,18H2,1-2H3,(H,33,34)/b24-14-. The number of nitrogens with zero attached hydrogens (tertiary/aromatic N) is 2. The van der Waals surface area contributed by atoms with Gasteiger partial charge in [0.25, 0.3) is 0 Å². The van der Waals surface area contributed by atoms with E-state index in [-0.39, 0.29) is 0 Å². The van der Waals surface area contributed by atoms with Crippen molar-refractivity contribution < 1.29 is 9.47 Å². The summed E-state index contributed by atoms with van der Waals surface area (Å²) >= 11 is 6.65. The molecule has 4 aromatic carbocycles. The third-order valence-electron chi connectivity index (χ3n) is 5.85. The smallest absolute Gasteiger partial charge is 0.180 e. The van der Waals surface area contributed by atoms with E-state index in [1.807, 2.05) is 56.3 Å². The number of hydrogen-bond donors (Lipinski definition) is 1. The third-order valence-corrected chi connectivity index (χ3v) is 6.13. The molecule has 0 saturated carbocycles. The Labute approximate surface area is 214 Å². The molecule has 0 aliphatic carbocycles. The molecule has 36 heavy (non-hydrogen) atoms. The molecule has 1 N–H and O–H groups in total. The van der Waals surface area contributed by atoms with E-state index >= 15 is 0 Å². The lowest BCUT2D eigenvalue weighted by Crippen LogP contribution is -2.01. The van der Waals surface area contributed by atoms with Crippen molar-refractivity contribution >= 4 is 45.1 Å². The largest absolute Gasteiger partial charge is 0.490 e. The van der Waals surface area contributed by atoms with Crippen LogP contribution in [0.15, 0.2) is 72.8 Å². The maximum absolute atomic E-state index is 9.84. The van der Waals surface area contributed by atoms with Crippen molar-refractivity contribution in [1.82, 2.24) is 9.97 Å². The summed E-state index contributed by atoms with van der Waals surface area (Å²) in [6.07, 6.45) is 1.74. The Morgan fingerprint density at radius 2 is 1.86 bits per heavy atom. The van der Waals surface area contributed by atoms with Gasteiger partial charge in [0, 0.05) is 0 Å². The predicted octanol–water partition coefficient (Wildman–Crippen LogP) is 7.72. The minimum Gasteiger partial charge on any atom is -0.490 e. The fourth-order valence-corrected chi connectivity index (χ4v) is 4.40. The molecule has 1 aromatic heterocycles. The summed E-state index contributed by atoms with van der Waals surface area (Å²) in [5.41, 5.74) is 4.96. The molecule has 0 spiro atoms. The molecule has 0 fully saturated rings. The number of aryl methyl sites for hydroxylation is 1. The number of nitriles is 1. The summed E-state index contributed by atoms with van der Waals surface area (Å²) in [5.74, 6) is 1.50. The number of aromatic amines is 1. The van der Waals surface area contributed by atoms with Gasteiger partial charge in [-0.25, -0.2) is 4.98 Å². The fourth-order valence-electron chi connectivity index (χ4n) is 4.13. The van der Waals surface area contributed by atoms with E-state index in [0.29, 0.717) is 41.1 Å². The van der Waals surface area contributed by atoms with Crippen LogP contribution in [0.1, 0.15) is 29.4 Å². The van der Waals surface area contributed by atoms with Gasteiger partial charge in [-0.1, -0.05) is 54.1 Å². The summed E-state index contributed by atoms with van der Waals surface area (Å²) in [5, 5.41) is 12.6. The van der Waals surface area contributed by atoms with Crippen molar-refractivity contribution in [1.29, 1.82) is 5.26 Å². The SMILES string of the molecule is CCOc1cc(/C=C(/C#N)c2nc3ccc(C)cc3[nH]2)cc(Cl)c1OCc1ccc2ccccc2c1. The normalized spacial score (nSPS) is 11.6. The summed E-state index contributed by atoms with van der Waals surface area (Å²) < 4.78 is 12.0. The number of rotatable bonds is 7. The second-order valence-electron chi connectivity index (χ2n) is 8.51. The van der Waals surface area contributed by atoms with E-state index in [1.54, 1.807) is 12.1 Å². The van der Waals surface area contributed by atoms with Gasteiger partial charge in [-0.2, -0.15) is 5.26 Å². The highest BCUT2D eigenvalue weighted by atomic mass is 35.5.